The number of halogens is 4. The molecule has 112 valence electrons. The summed E-state index contributed by atoms with van der Waals surface area (Å²) in [6.45, 7) is 0.256. The van der Waals surface area contributed by atoms with E-state index in [0.717, 1.165) is 10.8 Å². The third kappa shape index (κ3) is 2.26. The fraction of sp³-hybridized carbons (Fsp3) is 0.231. The van der Waals surface area contributed by atoms with Crippen molar-refractivity contribution in [3.63, 3.8) is 0 Å². The van der Waals surface area contributed by atoms with Crippen LogP contribution < -0.4 is 5.43 Å². The molecule has 0 bridgehead atoms. The third-order valence-corrected chi connectivity index (χ3v) is 3.08. The molecule has 2 rings (SSSR count). The summed E-state index contributed by atoms with van der Waals surface area (Å²) >= 11 is 0. The molecular formula is C13H9F4NO3. The summed E-state index contributed by atoms with van der Waals surface area (Å²) in [7, 11) is 0. The molecule has 0 saturated carbocycles. The van der Waals surface area contributed by atoms with Crippen LogP contribution in [0.15, 0.2) is 17.1 Å². The Morgan fingerprint density at radius 2 is 1.95 bits per heavy atom. The Labute approximate surface area is 115 Å². The number of fused-ring (bicyclic) bond motifs is 1. The van der Waals surface area contributed by atoms with Gasteiger partial charge in [-0.2, -0.15) is 0 Å². The van der Waals surface area contributed by atoms with Gasteiger partial charge in [0.15, 0.2) is 17.5 Å². The van der Waals surface area contributed by atoms with Crippen LogP contribution in [0.1, 0.15) is 23.3 Å². The second-order valence-corrected chi connectivity index (χ2v) is 4.47. The first-order chi connectivity index (χ1) is 9.79. The number of rotatable bonds is 3. The van der Waals surface area contributed by atoms with Crippen LogP contribution in [0.5, 0.6) is 0 Å². The van der Waals surface area contributed by atoms with Gasteiger partial charge in [0.1, 0.15) is 12.2 Å². The predicted molar refractivity (Wildman–Crippen MR) is 65.7 cm³/mol. The number of alkyl halides is 1. The first-order valence-electron chi connectivity index (χ1n) is 5.81. The number of aromatic carboxylic acids is 1. The maximum atomic E-state index is 13.9. The molecule has 1 aromatic heterocycles. The highest BCUT2D eigenvalue weighted by Gasteiger charge is 2.23. The van der Waals surface area contributed by atoms with Crippen molar-refractivity contribution >= 4 is 16.9 Å². The highest BCUT2D eigenvalue weighted by molar-refractivity contribution is 5.92. The molecule has 0 spiro atoms. The SMILES string of the molecule is C[C@H](CF)n1cc(C(=O)O)c(=O)c2cc(F)c(F)c(F)c21. The molecule has 1 atom stereocenters. The summed E-state index contributed by atoms with van der Waals surface area (Å²) in [6, 6.07) is -0.658. The van der Waals surface area contributed by atoms with Gasteiger partial charge < -0.3 is 9.67 Å². The zero-order valence-corrected chi connectivity index (χ0v) is 10.7. The molecular weight excluding hydrogens is 294 g/mol. The number of carboxylic acids is 1. The second kappa shape index (κ2) is 5.19. The molecule has 0 aliphatic rings. The van der Waals surface area contributed by atoms with Gasteiger partial charge >= 0.3 is 5.97 Å². The molecule has 1 heterocycles. The van der Waals surface area contributed by atoms with Crippen molar-refractivity contribution in [3.05, 3.63) is 45.5 Å². The van der Waals surface area contributed by atoms with Crippen LogP contribution >= 0.6 is 0 Å². The van der Waals surface area contributed by atoms with Gasteiger partial charge in [0.05, 0.1) is 16.9 Å². The Morgan fingerprint density at radius 1 is 1.33 bits per heavy atom. The van der Waals surface area contributed by atoms with Crippen molar-refractivity contribution in [2.75, 3.05) is 6.67 Å². The molecule has 21 heavy (non-hydrogen) atoms. The van der Waals surface area contributed by atoms with Crippen LogP contribution in [-0.2, 0) is 0 Å². The minimum Gasteiger partial charge on any atom is -0.477 e. The van der Waals surface area contributed by atoms with E-state index in [1.54, 1.807) is 0 Å². The average molecular weight is 303 g/mol. The predicted octanol–water partition coefficient (Wildman–Crippen LogP) is 2.65. The molecule has 4 nitrogen and oxygen atoms in total. The highest BCUT2D eigenvalue weighted by atomic mass is 19.2. The van der Waals surface area contributed by atoms with Crippen molar-refractivity contribution in [1.82, 2.24) is 4.57 Å². The quantitative estimate of drug-likeness (QED) is 0.700. The van der Waals surface area contributed by atoms with E-state index in [2.05, 4.69) is 0 Å². The van der Waals surface area contributed by atoms with Crippen molar-refractivity contribution in [1.29, 1.82) is 0 Å². The normalized spacial score (nSPS) is 12.6. The topological polar surface area (TPSA) is 59.3 Å². The van der Waals surface area contributed by atoms with Gasteiger partial charge in [-0.05, 0) is 13.0 Å². The molecule has 0 radical (unpaired) electrons. The first kappa shape index (κ1) is 15.0. The molecule has 1 aromatic carbocycles. The number of pyridine rings is 1. The fourth-order valence-corrected chi connectivity index (χ4v) is 1.99. The number of aromatic nitrogens is 1. The molecule has 0 unspecified atom stereocenters. The second-order valence-electron chi connectivity index (χ2n) is 4.47. The molecule has 0 saturated heterocycles. The van der Waals surface area contributed by atoms with Crippen LogP contribution in [-0.4, -0.2) is 22.3 Å². The van der Waals surface area contributed by atoms with Gasteiger partial charge in [-0.25, -0.2) is 22.4 Å². The first-order valence-corrected chi connectivity index (χ1v) is 5.81. The number of hydrogen-bond acceptors (Lipinski definition) is 2. The molecule has 0 amide bonds. The summed E-state index contributed by atoms with van der Waals surface area (Å²) in [4.78, 5) is 22.9. The fourth-order valence-electron chi connectivity index (χ4n) is 1.99. The van der Waals surface area contributed by atoms with Gasteiger partial charge in [-0.3, -0.25) is 4.79 Å². The number of carbonyl (C=O) groups is 1. The molecule has 0 fully saturated rings. The number of hydrogen-bond donors (Lipinski definition) is 1. The van der Waals surface area contributed by atoms with Crippen molar-refractivity contribution in [3.8, 4) is 0 Å². The van der Waals surface area contributed by atoms with Gasteiger partial charge in [0, 0.05) is 6.20 Å². The minimum absolute atomic E-state index is 0.407. The van der Waals surface area contributed by atoms with Gasteiger partial charge in [0.2, 0.25) is 5.43 Å². The molecule has 0 aliphatic carbocycles. The standard InChI is InChI=1S/C13H9F4NO3/c1-5(3-14)18-4-7(13(20)21)12(19)6-2-8(15)9(16)10(17)11(6)18/h2,4-5H,3H2,1H3,(H,20,21)/t5-/m1/s1. The van der Waals surface area contributed by atoms with Crippen molar-refractivity contribution in [2.24, 2.45) is 0 Å². The summed E-state index contributed by atoms with van der Waals surface area (Å²) < 4.78 is 54.0. The third-order valence-electron chi connectivity index (χ3n) is 3.08. The van der Waals surface area contributed by atoms with Crippen LogP contribution in [0.25, 0.3) is 10.9 Å². The molecule has 0 aliphatic heterocycles. The van der Waals surface area contributed by atoms with E-state index in [0.29, 0.717) is 6.07 Å². The van der Waals surface area contributed by atoms with E-state index in [1.165, 1.54) is 6.92 Å². The lowest BCUT2D eigenvalue weighted by Gasteiger charge is -2.17. The Kier molecular flexibility index (Phi) is 3.71. The van der Waals surface area contributed by atoms with E-state index in [1.807, 2.05) is 0 Å². The largest absolute Gasteiger partial charge is 0.477 e. The maximum Gasteiger partial charge on any atom is 0.341 e. The number of benzene rings is 1. The lowest BCUT2D eigenvalue weighted by molar-refractivity contribution is 0.0694. The number of nitrogens with zero attached hydrogens (tertiary/aromatic N) is 1. The Balaban J connectivity index is 3.07. The van der Waals surface area contributed by atoms with E-state index < -0.39 is 58.0 Å². The molecule has 8 heteroatoms. The zero-order chi connectivity index (χ0) is 15.9. The summed E-state index contributed by atoms with van der Waals surface area (Å²) in [5, 5.41) is 8.27. The number of carboxylic acid groups (broad SMARTS) is 1. The summed E-state index contributed by atoms with van der Waals surface area (Å²) in [5.74, 6) is -6.74. The maximum absolute atomic E-state index is 13.9. The van der Waals surface area contributed by atoms with Crippen LogP contribution in [0.2, 0.25) is 0 Å². The van der Waals surface area contributed by atoms with Gasteiger partial charge in [-0.1, -0.05) is 0 Å². The van der Waals surface area contributed by atoms with Crippen LogP contribution in [0, 0.1) is 17.5 Å². The monoisotopic (exact) mass is 303 g/mol. The van der Waals surface area contributed by atoms with E-state index in [9.17, 15) is 27.2 Å². The lowest BCUT2D eigenvalue weighted by atomic mass is 10.1. The summed E-state index contributed by atoms with van der Waals surface area (Å²) in [6.07, 6.45) is 0.720. The van der Waals surface area contributed by atoms with E-state index in [4.69, 9.17) is 5.11 Å². The zero-order valence-electron chi connectivity index (χ0n) is 10.7. The summed E-state index contributed by atoms with van der Waals surface area (Å²) in [5.41, 5.74) is -2.63. The van der Waals surface area contributed by atoms with Crippen LogP contribution in [0.4, 0.5) is 17.6 Å². The van der Waals surface area contributed by atoms with Gasteiger partial charge in [0.25, 0.3) is 0 Å². The lowest BCUT2D eigenvalue weighted by Crippen LogP contribution is -2.22. The van der Waals surface area contributed by atoms with E-state index >= 15 is 0 Å². The smallest absolute Gasteiger partial charge is 0.341 e. The van der Waals surface area contributed by atoms with E-state index in [-0.39, 0.29) is 0 Å². The molecule has 1 N–H and O–H groups in total. The average Bonchev–Trinajstić information content (AvgIpc) is 2.44. The van der Waals surface area contributed by atoms with Gasteiger partial charge in [-0.15, -0.1) is 0 Å². The highest BCUT2D eigenvalue weighted by Crippen LogP contribution is 2.24. The Morgan fingerprint density at radius 3 is 2.48 bits per heavy atom. The van der Waals surface area contributed by atoms with Crippen molar-refractivity contribution in [2.45, 2.75) is 13.0 Å². The van der Waals surface area contributed by atoms with Crippen molar-refractivity contribution < 1.29 is 27.5 Å². The Hall–Kier alpha value is -2.38. The minimum atomic E-state index is -1.82. The molecule has 2 aromatic rings. The van der Waals surface area contributed by atoms with Crippen LogP contribution in [0.3, 0.4) is 0 Å². The Bertz CT molecular complexity index is 800.